The highest BCUT2D eigenvalue weighted by molar-refractivity contribution is 5.83. The van der Waals surface area contributed by atoms with E-state index in [1.807, 2.05) is 0 Å². The van der Waals surface area contributed by atoms with Crippen molar-refractivity contribution < 1.29 is 23.5 Å². The van der Waals surface area contributed by atoms with Crippen LogP contribution in [0.4, 0.5) is 4.79 Å². The van der Waals surface area contributed by atoms with Crippen molar-refractivity contribution in [2.75, 3.05) is 20.3 Å². The van der Waals surface area contributed by atoms with E-state index in [1.54, 1.807) is 46.1 Å². The second-order valence-electron chi connectivity index (χ2n) is 5.63. The molecule has 1 heterocycles. The lowest BCUT2D eigenvalue weighted by atomic mass is 10.2. The predicted octanol–water partition coefficient (Wildman–Crippen LogP) is 2.74. The van der Waals surface area contributed by atoms with Crippen LogP contribution < -0.4 is 14.8 Å². The Morgan fingerprint density at radius 1 is 1.36 bits per heavy atom. The third-order valence-electron chi connectivity index (χ3n) is 2.65. The van der Waals surface area contributed by atoms with Crippen LogP contribution in [0.2, 0.25) is 0 Å². The normalized spacial score (nSPS) is 11.3. The number of methoxy groups -OCH3 is 1. The summed E-state index contributed by atoms with van der Waals surface area (Å²) in [6.07, 6.45) is -0.484. The van der Waals surface area contributed by atoms with Crippen LogP contribution in [0, 0.1) is 0 Å². The van der Waals surface area contributed by atoms with Crippen LogP contribution >= 0.6 is 0 Å². The van der Waals surface area contributed by atoms with Crippen molar-refractivity contribution in [1.82, 2.24) is 10.5 Å². The van der Waals surface area contributed by atoms with Crippen LogP contribution in [-0.2, 0) is 4.74 Å². The first-order valence-corrected chi connectivity index (χ1v) is 6.92. The van der Waals surface area contributed by atoms with Gasteiger partial charge in [0.1, 0.15) is 18.0 Å². The Morgan fingerprint density at radius 2 is 2.14 bits per heavy atom. The van der Waals surface area contributed by atoms with Crippen molar-refractivity contribution in [2.45, 2.75) is 26.4 Å². The molecule has 0 bridgehead atoms. The summed E-state index contributed by atoms with van der Waals surface area (Å²) in [5.41, 5.74) is 0.0833. The molecule has 0 unspecified atom stereocenters. The number of nitrogens with one attached hydrogen (secondary N) is 1. The molecule has 1 amide bonds. The van der Waals surface area contributed by atoms with Gasteiger partial charge in [0.15, 0.2) is 5.58 Å². The summed E-state index contributed by atoms with van der Waals surface area (Å²) < 4.78 is 20.9. The first-order valence-electron chi connectivity index (χ1n) is 6.92. The highest BCUT2D eigenvalue weighted by Crippen LogP contribution is 2.28. The summed E-state index contributed by atoms with van der Waals surface area (Å²) in [7, 11) is 1.58. The second-order valence-corrected chi connectivity index (χ2v) is 5.63. The zero-order chi connectivity index (χ0) is 16.2. The number of amides is 1. The lowest BCUT2D eigenvalue weighted by molar-refractivity contribution is 0.0520. The van der Waals surface area contributed by atoms with Gasteiger partial charge in [0, 0.05) is 0 Å². The maximum absolute atomic E-state index is 11.5. The van der Waals surface area contributed by atoms with Crippen molar-refractivity contribution in [3.63, 3.8) is 0 Å². The minimum atomic E-state index is -0.524. The van der Waals surface area contributed by atoms with Gasteiger partial charge in [-0.05, 0) is 44.1 Å². The van der Waals surface area contributed by atoms with Gasteiger partial charge >= 0.3 is 6.09 Å². The lowest BCUT2D eigenvalue weighted by Crippen LogP contribution is -2.34. The zero-order valence-corrected chi connectivity index (χ0v) is 13.1. The van der Waals surface area contributed by atoms with E-state index in [0.717, 1.165) is 5.39 Å². The molecule has 0 saturated carbocycles. The van der Waals surface area contributed by atoms with Gasteiger partial charge in [-0.25, -0.2) is 4.79 Å². The maximum atomic E-state index is 11.5. The Hall–Kier alpha value is -2.44. The molecule has 0 aliphatic heterocycles. The fourth-order valence-corrected chi connectivity index (χ4v) is 1.74. The number of fused-ring (bicyclic) bond motifs is 1. The number of carbonyl (C=O) groups is 1. The highest BCUT2D eigenvalue weighted by Gasteiger charge is 2.16. The molecule has 0 saturated heterocycles. The minimum Gasteiger partial charge on any atom is -0.497 e. The van der Waals surface area contributed by atoms with Crippen molar-refractivity contribution >= 4 is 17.1 Å². The number of aromatic nitrogens is 1. The fraction of sp³-hybridized carbons (Fsp3) is 0.467. The fourth-order valence-electron chi connectivity index (χ4n) is 1.74. The van der Waals surface area contributed by atoms with Gasteiger partial charge in [0.05, 0.1) is 19.0 Å². The minimum absolute atomic E-state index is 0.248. The first kappa shape index (κ1) is 15.9. The average molecular weight is 308 g/mol. The molecule has 120 valence electrons. The number of hydrogen-bond donors (Lipinski definition) is 1. The van der Waals surface area contributed by atoms with Gasteiger partial charge in [0.25, 0.3) is 5.88 Å². The topological polar surface area (TPSA) is 82.8 Å². The van der Waals surface area contributed by atoms with E-state index in [4.69, 9.17) is 18.7 Å². The lowest BCUT2D eigenvalue weighted by Gasteiger charge is -2.19. The van der Waals surface area contributed by atoms with Crippen LogP contribution in [0.1, 0.15) is 20.8 Å². The van der Waals surface area contributed by atoms with Crippen molar-refractivity contribution in [2.24, 2.45) is 0 Å². The summed E-state index contributed by atoms with van der Waals surface area (Å²) in [6.45, 7) is 5.96. The van der Waals surface area contributed by atoms with E-state index in [1.165, 1.54) is 0 Å². The monoisotopic (exact) mass is 308 g/mol. The van der Waals surface area contributed by atoms with Gasteiger partial charge in [0.2, 0.25) is 0 Å². The SMILES string of the molecule is COc1ccc2onc(OCCNC(=O)OC(C)(C)C)c2c1. The molecule has 22 heavy (non-hydrogen) atoms. The van der Waals surface area contributed by atoms with Crippen LogP contribution in [0.5, 0.6) is 11.6 Å². The summed E-state index contributed by atoms with van der Waals surface area (Å²) >= 11 is 0. The van der Waals surface area contributed by atoms with Crippen molar-refractivity contribution in [3.8, 4) is 11.6 Å². The van der Waals surface area contributed by atoms with E-state index in [0.29, 0.717) is 23.8 Å². The summed E-state index contributed by atoms with van der Waals surface area (Å²) in [6, 6.07) is 5.32. The molecule has 0 radical (unpaired) electrons. The molecule has 0 aliphatic rings. The molecule has 0 atom stereocenters. The van der Waals surface area contributed by atoms with Gasteiger partial charge in [-0.2, -0.15) is 0 Å². The number of benzene rings is 1. The standard InChI is InChI=1S/C15H20N2O5/c1-15(2,3)21-14(18)16-7-8-20-13-11-9-10(19-4)5-6-12(11)22-17-13/h5-6,9H,7-8H2,1-4H3,(H,16,18). The van der Waals surface area contributed by atoms with Crippen LogP contribution in [0.3, 0.4) is 0 Å². The molecular weight excluding hydrogens is 288 g/mol. The number of carbonyl (C=O) groups excluding carboxylic acids is 1. The molecule has 0 aliphatic carbocycles. The van der Waals surface area contributed by atoms with E-state index < -0.39 is 11.7 Å². The van der Waals surface area contributed by atoms with Gasteiger partial charge in [-0.1, -0.05) is 0 Å². The average Bonchev–Trinajstić information content (AvgIpc) is 2.84. The zero-order valence-electron chi connectivity index (χ0n) is 13.1. The maximum Gasteiger partial charge on any atom is 0.407 e. The largest absolute Gasteiger partial charge is 0.497 e. The Morgan fingerprint density at radius 3 is 2.82 bits per heavy atom. The van der Waals surface area contributed by atoms with Crippen LogP contribution in [0.25, 0.3) is 11.0 Å². The molecular formula is C15H20N2O5. The Kier molecular flexibility index (Phi) is 4.75. The van der Waals surface area contributed by atoms with Crippen molar-refractivity contribution in [3.05, 3.63) is 18.2 Å². The predicted molar refractivity (Wildman–Crippen MR) is 80.3 cm³/mol. The van der Waals surface area contributed by atoms with E-state index in [-0.39, 0.29) is 6.61 Å². The molecule has 0 fully saturated rings. The third-order valence-corrected chi connectivity index (χ3v) is 2.65. The first-order chi connectivity index (χ1) is 10.4. The van der Waals surface area contributed by atoms with Gasteiger partial charge in [-0.3, -0.25) is 0 Å². The number of nitrogens with zero attached hydrogens (tertiary/aromatic N) is 1. The molecule has 7 nitrogen and oxygen atoms in total. The van der Waals surface area contributed by atoms with Gasteiger partial charge in [-0.15, -0.1) is 0 Å². The van der Waals surface area contributed by atoms with E-state index >= 15 is 0 Å². The third kappa shape index (κ3) is 4.28. The molecule has 2 rings (SSSR count). The molecule has 2 aromatic rings. The van der Waals surface area contributed by atoms with E-state index in [2.05, 4.69) is 10.5 Å². The van der Waals surface area contributed by atoms with E-state index in [9.17, 15) is 4.79 Å². The van der Waals surface area contributed by atoms with Crippen LogP contribution in [-0.4, -0.2) is 37.1 Å². The van der Waals surface area contributed by atoms with Crippen LogP contribution in [0.15, 0.2) is 22.7 Å². The quantitative estimate of drug-likeness (QED) is 0.855. The number of alkyl carbamates (subject to hydrolysis) is 1. The molecule has 1 aromatic carbocycles. The Balaban J connectivity index is 1.86. The smallest absolute Gasteiger partial charge is 0.407 e. The Labute approximate surface area is 128 Å². The molecule has 1 aromatic heterocycles. The van der Waals surface area contributed by atoms with Crippen molar-refractivity contribution in [1.29, 1.82) is 0 Å². The summed E-state index contributed by atoms with van der Waals surface area (Å²) in [5, 5.41) is 7.17. The number of hydrogen-bond acceptors (Lipinski definition) is 6. The second kappa shape index (κ2) is 6.55. The Bertz CT molecular complexity index is 645. The molecule has 0 spiro atoms. The number of rotatable bonds is 5. The summed E-state index contributed by atoms with van der Waals surface area (Å²) in [5.74, 6) is 1.05. The number of ether oxygens (including phenoxy) is 3. The van der Waals surface area contributed by atoms with Gasteiger partial charge < -0.3 is 24.1 Å². The molecule has 7 heteroatoms. The highest BCUT2D eigenvalue weighted by atomic mass is 16.6. The molecule has 1 N–H and O–H groups in total. The summed E-state index contributed by atoms with van der Waals surface area (Å²) in [4.78, 5) is 11.5.